The fourth-order valence-corrected chi connectivity index (χ4v) is 2.01. The highest BCUT2D eigenvalue weighted by Crippen LogP contribution is 2.26. The van der Waals surface area contributed by atoms with Gasteiger partial charge >= 0.3 is 0 Å². The molecule has 0 aliphatic heterocycles. The third-order valence-corrected chi connectivity index (χ3v) is 3.39. The zero-order valence-corrected chi connectivity index (χ0v) is 12.3. The van der Waals surface area contributed by atoms with Gasteiger partial charge in [-0.3, -0.25) is 4.79 Å². The van der Waals surface area contributed by atoms with E-state index in [1.54, 1.807) is 24.3 Å². The fourth-order valence-electron chi connectivity index (χ4n) is 1.63. The summed E-state index contributed by atoms with van der Waals surface area (Å²) in [4.78, 5) is 12.1. The molecule has 0 saturated carbocycles. The summed E-state index contributed by atoms with van der Waals surface area (Å²) in [5.74, 6) is -0.0534. The Hall–Kier alpha value is -2.21. The Bertz CT molecular complexity index is 659. The van der Waals surface area contributed by atoms with Crippen molar-refractivity contribution in [2.75, 3.05) is 18.2 Å². The molecule has 2 aromatic rings. The van der Waals surface area contributed by atoms with Crippen LogP contribution in [-0.2, 0) is 0 Å². The number of ether oxygens (including phenoxy) is 1. The number of phenolic OH excluding ortho intramolecular Hbond substituents is 1. The van der Waals surface area contributed by atoms with Gasteiger partial charge in [-0.1, -0.05) is 0 Å². The number of anilines is 2. The quantitative estimate of drug-likeness (QED) is 0.752. The Labute approximate surface area is 124 Å². The van der Waals surface area contributed by atoms with E-state index < -0.39 is 5.91 Å². The van der Waals surface area contributed by atoms with Crippen molar-refractivity contribution in [3.63, 3.8) is 0 Å². The van der Waals surface area contributed by atoms with Crippen LogP contribution in [0.4, 0.5) is 11.4 Å². The first-order chi connectivity index (χ1) is 9.51. The Morgan fingerprint density at radius 3 is 2.70 bits per heavy atom. The minimum Gasteiger partial charge on any atom is -0.507 e. The van der Waals surface area contributed by atoms with E-state index in [9.17, 15) is 9.90 Å². The molecule has 0 heterocycles. The average molecular weight is 337 g/mol. The Balaban J connectivity index is 2.25. The summed E-state index contributed by atoms with van der Waals surface area (Å²) < 4.78 is 5.72. The molecule has 0 bridgehead atoms. The van der Waals surface area contributed by atoms with E-state index in [1.807, 2.05) is 0 Å². The van der Waals surface area contributed by atoms with Crippen LogP contribution >= 0.6 is 15.9 Å². The van der Waals surface area contributed by atoms with E-state index in [4.69, 9.17) is 10.5 Å². The number of carbonyl (C=O) groups excluding carboxylic acids is 1. The van der Waals surface area contributed by atoms with Crippen molar-refractivity contribution in [1.82, 2.24) is 0 Å². The number of hydrogen-bond donors (Lipinski definition) is 3. The molecule has 0 aliphatic rings. The summed E-state index contributed by atoms with van der Waals surface area (Å²) >= 11 is 3.28. The maximum Gasteiger partial charge on any atom is 0.259 e. The molecule has 0 atom stereocenters. The minimum atomic E-state index is -0.432. The van der Waals surface area contributed by atoms with Crippen LogP contribution in [0.2, 0.25) is 0 Å². The molecule has 2 aromatic carbocycles. The highest BCUT2D eigenvalue weighted by molar-refractivity contribution is 9.10. The number of hydrogen-bond acceptors (Lipinski definition) is 4. The smallest absolute Gasteiger partial charge is 0.259 e. The number of halogens is 1. The monoisotopic (exact) mass is 336 g/mol. The first-order valence-corrected chi connectivity index (χ1v) is 6.54. The third-order valence-electron chi connectivity index (χ3n) is 2.71. The van der Waals surface area contributed by atoms with Gasteiger partial charge in [0.25, 0.3) is 5.91 Å². The summed E-state index contributed by atoms with van der Waals surface area (Å²) in [5, 5.41) is 12.4. The van der Waals surface area contributed by atoms with Crippen LogP contribution in [0, 0.1) is 0 Å². The summed E-state index contributed by atoms with van der Waals surface area (Å²) in [7, 11) is 1.49. The van der Waals surface area contributed by atoms with Crippen molar-refractivity contribution in [2.45, 2.75) is 0 Å². The molecule has 0 unspecified atom stereocenters. The van der Waals surface area contributed by atoms with Crippen molar-refractivity contribution in [2.24, 2.45) is 0 Å². The number of carbonyl (C=O) groups is 1. The van der Waals surface area contributed by atoms with Gasteiger partial charge < -0.3 is 20.9 Å². The Morgan fingerprint density at radius 2 is 2.05 bits per heavy atom. The molecule has 6 heteroatoms. The number of nitrogens with one attached hydrogen (secondary N) is 1. The van der Waals surface area contributed by atoms with Gasteiger partial charge in [0.2, 0.25) is 0 Å². The lowest BCUT2D eigenvalue weighted by Crippen LogP contribution is -2.12. The van der Waals surface area contributed by atoms with Gasteiger partial charge in [0, 0.05) is 15.8 Å². The Morgan fingerprint density at radius 1 is 1.30 bits per heavy atom. The molecule has 1 amide bonds. The van der Waals surface area contributed by atoms with E-state index in [0.717, 1.165) is 0 Å². The number of benzene rings is 2. The van der Waals surface area contributed by atoms with Gasteiger partial charge in [-0.15, -0.1) is 0 Å². The SMILES string of the molecule is COc1ccc(O)c(C(=O)Nc2ccc(N)c(Br)c2)c1. The number of nitrogens with two attached hydrogens (primary N) is 1. The molecule has 5 nitrogen and oxygen atoms in total. The normalized spacial score (nSPS) is 10.1. The maximum absolute atomic E-state index is 12.1. The number of aromatic hydroxyl groups is 1. The molecule has 0 saturated heterocycles. The van der Waals surface area contributed by atoms with Crippen molar-refractivity contribution >= 4 is 33.2 Å². The molecule has 2 rings (SSSR count). The van der Waals surface area contributed by atoms with E-state index >= 15 is 0 Å². The lowest BCUT2D eigenvalue weighted by molar-refractivity contribution is 0.102. The predicted octanol–water partition coefficient (Wildman–Crippen LogP) is 3.00. The van der Waals surface area contributed by atoms with E-state index in [1.165, 1.54) is 19.2 Å². The van der Waals surface area contributed by atoms with Crippen LogP contribution in [0.25, 0.3) is 0 Å². The van der Waals surface area contributed by atoms with Crippen LogP contribution in [0.1, 0.15) is 10.4 Å². The maximum atomic E-state index is 12.1. The molecular formula is C14H13BrN2O3. The average Bonchev–Trinajstić information content (AvgIpc) is 2.43. The van der Waals surface area contributed by atoms with Gasteiger partial charge in [0.1, 0.15) is 11.5 Å². The standard InChI is InChI=1S/C14H13BrN2O3/c1-20-9-3-5-13(18)10(7-9)14(19)17-8-2-4-12(16)11(15)6-8/h2-7,18H,16H2,1H3,(H,17,19). The molecular weight excluding hydrogens is 324 g/mol. The summed E-state index contributed by atoms with van der Waals surface area (Å²) in [6.45, 7) is 0. The van der Waals surface area contributed by atoms with E-state index in [2.05, 4.69) is 21.2 Å². The molecule has 4 N–H and O–H groups in total. The molecule has 0 aromatic heterocycles. The predicted molar refractivity (Wildman–Crippen MR) is 81.2 cm³/mol. The second-order valence-corrected chi connectivity index (χ2v) is 4.93. The highest BCUT2D eigenvalue weighted by Gasteiger charge is 2.13. The highest BCUT2D eigenvalue weighted by atomic mass is 79.9. The van der Waals surface area contributed by atoms with Crippen LogP contribution in [0.5, 0.6) is 11.5 Å². The van der Waals surface area contributed by atoms with Gasteiger partial charge in [0.15, 0.2) is 0 Å². The third kappa shape index (κ3) is 3.03. The molecule has 20 heavy (non-hydrogen) atoms. The zero-order chi connectivity index (χ0) is 14.7. The minimum absolute atomic E-state index is 0.113. The van der Waals surface area contributed by atoms with Crippen LogP contribution < -0.4 is 15.8 Å². The first-order valence-electron chi connectivity index (χ1n) is 5.74. The van der Waals surface area contributed by atoms with Crippen LogP contribution in [0.15, 0.2) is 40.9 Å². The van der Waals surface area contributed by atoms with Crippen LogP contribution in [0.3, 0.4) is 0 Å². The summed E-state index contributed by atoms with van der Waals surface area (Å²) in [5.41, 5.74) is 6.96. The number of phenols is 1. The molecule has 0 aliphatic carbocycles. The number of methoxy groups -OCH3 is 1. The number of nitrogen functional groups attached to an aromatic ring is 1. The largest absolute Gasteiger partial charge is 0.507 e. The van der Waals surface area contributed by atoms with Gasteiger partial charge in [-0.25, -0.2) is 0 Å². The first kappa shape index (κ1) is 14.2. The topological polar surface area (TPSA) is 84.6 Å². The van der Waals surface area contributed by atoms with Gasteiger partial charge in [0.05, 0.1) is 12.7 Å². The zero-order valence-electron chi connectivity index (χ0n) is 10.7. The van der Waals surface area contributed by atoms with Crippen molar-refractivity contribution in [1.29, 1.82) is 0 Å². The fraction of sp³-hybridized carbons (Fsp3) is 0.0714. The van der Waals surface area contributed by atoms with Gasteiger partial charge in [-0.2, -0.15) is 0 Å². The van der Waals surface area contributed by atoms with E-state index in [0.29, 0.717) is 21.6 Å². The van der Waals surface area contributed by atoms with Gasteiger partial charge in [-0.05, 0) is 52.3 Å². The van der Waals surface area contributed by atoms with Crippen molar-refractivity contribution < 1.29 is 14.6 Å². The molecule has 0 fully saturated rings. The van der Waals surface area contributed by atoms with E-state index in [-0.39, 0.29) is 11.3 Å². The van der Waals surface area contributed by atoms with Crippen molar-refractivity contribution in [3.05, 3.63) is 46.4 Å². The van der Waals surface area contributed by atoms with Crippen molar-refractivity contribution in [3.8, 4) is 11.5 Å². The summed E-state index contributed by atoms with van der Waals surface area (Å²) in [6.07, 6.45) is 0. The van der Waals surface area contributed by atoms with Crippen LogP contribution in [-0.4, -0.2) is 18.1 Å². The molecule has 104 valence electrons. The lowest BCUT2D eigenvalue weighted by Gasteiger charge is -2.09. The molecule has 0 spiro atoms. The summed E-state index contributed by atoms with van der Waals surface area (Å²) in [6, 6.07) is 9.49. The molecule has 0 radical (unpaired) electrons. The second kappa shape index (κ2) is 5.83. The number of amides is 1. The lowest BCUT2D eigenvalue weighted by atomic mass is 10.1. The Kier molecular flexibility index (Phi) is 4.14. The number of rotatable bonds is 3. The second-order valence-electron chi connectivity index (χ2n) is 4.07.